The van der Waals surface area contributed by atoms with Gasteiger partial charge in [-0.25, -0.2) is 0 Å². The minimum absolute atomic E-state index is 0.0544. The van der Waals surface area contributed by atoms with Crippen molar-refractivity contribution in [3.8, 4) is 0 Å². The first-order valence-corrected chi connectivity index (χ1v) is 9.02. The molecule has 0 aliphatic carbocycles. The molecule has 2 aromatic rings. The Labute approximate surface area is 154 Å². The molecule has 1 unspecified atom stereocenters. The van der Waals surface area contributed by atoms with Gasteiger partial charge in [0, 0.05) is 26.1 Å². The third-order valence-corrected chi connectivity index (χ3v) is 4.85. The molecule has 0 saturated carbocycles. The number of hydrogen-bond acceptors (Lipinski definition) is 3. The van der Waals surface area contributed by atoms with Gasteiger partial charge in [0.1, 0.15) is 0 Å². The summed E-state index contributed by atoms with van der Waals surface area (Å²) in [5, 5.41) is 9.17. The van der Waals surface area contributed by atoms with Crippen LogP contribution in [0.4, 0.5) is 0 Å². The van der Waals surface area contributed by atoms with E-state index in [0.717, 1.165) is 17.7 Å². The zero-order valence-corrected chi connectivity index (χ0v) is 14.8. The molecule has 1 saturated heterocycles. The first-order valence-electron chi connectivity index (χ1n) is 9.02. The summed E-state index contributed by atoms with van der Waals surface area (Å²) in [4.78, 5) is 25.3. The first-order chi connectivity index (χ1) is 12.7. The van der Waals surface area contributed by atoms with Crippen molar-refractivity contribution in [2.45, 2.75) is 25.9 Å². The van der Waals surface area contributed by atoms with E-state index in [0.29, 0.717) is 26.1 Å². The topological polar surface area (TPSA) is 70.2 Å². The SMILES string of the molecule is O=C(CC1(C(=O)NCc2ccccc2)CCNC1)NCc1ccccc1. The van der Waals surface area contributed by atoms with Gasteiger partial charge in [0.05, 0.1) is 5.41 Å². The lowest BCUT2D eigenvalue weighted by Crippen LogP contribution is -2.45. The van der Waals surface area contributed by atoms with Crippen LogP contribution in [0.15, 0.2) is 60.7 Å². The van der Waals surface area contributed by atoms with E-state index >= 15 is 0 Å². The zero-order chi connectivity index (χ0) is 18.2. The van der Waals surface area contributed by atoms with Crippen molar-refractivity contribution in [3.63, 3.8) is 0 Å². The molecule has 3 N–H and O–H groups in total. The molecule has 1 heterocycles. The monoisotopic (exact) mass is 351 g/mol. The minimum atomic E-state index is -0.671. The van der Waals surface area contributed by atoms with Crippen molar-refractivity contribution in [1.82, 2.24) is 16.0 Å². The fourth-order valence-corrected chi connectivity index (χ4v) is 3.30. The summed E-state index contributed by atoms with van der Waals surface area (Å²) in [6, 6.07) is 19.6. The Bertz CT molecular complexity index is 725. The average molecular weight is 351 g/mol. The summed E-state index contributed by atoms with van der Waals surface area (Å²) in [5.74, 6) is -0.145. The van der Waals surface area contributed by atoms with E-state index in [1.165, 1.54) is 0 Å². The number of carbonyl (C=O) groups is 2. The molecule has 5 heteroatoms. The van der Waals surface area contributed by atoms with E-state index in [9.17, 15) is 9.59 Å². The number of nitrogens with one attached hydrogen (secondary N) is 3. The summed E-state index contributed by atoms with van der Waals surface area (Å²) in [6.45, 7) is 2.25. The molecule has 2 aromatic carbocycles. The Balaban J connectivity index is 1.56. The molecule has 136 valence electrons. The third-order valence-electron chi connectivity index (χ3n) is 4.85. The van der Waals surface area contributed by atoms with Gasteiger partial charge < -0.3 is 16.0 Å². The van der Waals surface area contributed by atoms with Crippen molar-refractivity contribution < 1.29 is 9.59 Å². The molecule has 1 aliphatic rings. The summed E-state index contributed by atoms with van der Waals surface area (Å²) in [5.41, 5.74) is 1.43. The largest absolute Gasteiger partial charge is 0.352 e. The Morgan fingerprint density at radius 3 is 2.00 bits per heavy atom. The van der Waals surface area contributed by atoms with E-state index in [-0.39, 0.29) is 18.2 Å². The lowest BCUT2D eigenvalue weighted by Gasteiger charge is -2.26. The Hall–Kier alpha value is -2.66. The van der Waals surface area contributed by atoms with E-state index in [1.54, 1.807) is 0 Å². The van der Waals surface area contributed by atoms with E-state index in [2.05, 4.69) is 16.0 Å². The zero-order valence-electron chi connectivity index (χ0n) is 14.8. The van der Waals surface area contributed by atoms with Crippen LogP contribution < -0.4 is 16.0 Å². The van der Waals surface area contributed by atoms with Crippen LogP contribution in [0.3, 0.4) is 0 Å². The maximum atomic E-state index is 12.8. The summed E-state index contributed by atoms with van der Waals surface area (Å²) < 4.78 is 0. The molecular formula is C21H25N3O2. The van der Waals surface area contributed by atoms with Gasteiger partial charge >= 0.3 is 0 Å². The van der Waals surface area contributed by atoms with Gasteiger partial charge in [-0.15, -0.1) is 0 Å². The highest BCUT2D eigenvalue weighted by molar-refractivity contribution is 5.89. The predicted molar refractivity (Wildman–Crippen MR) is 101 cm³/mol. The first kappa shape index (κ1) is 18.1. The van der Waals surface area contributed by atoms with Crippen LogP contribution in [0.5, 0.6) is 0 Å². The second-order valence-corrected chi connectivity index (χ2v) is 6.81. The maximum absolute atomic E-state index is 12.8. The molecule has 1 atom stereocenters. The van der Waals surface area contributed by atoms with Crippen LogP contribution in [0, 0.1) is 5.41 Å². The van der Waals surface area contributed by atoms with Crippen LogP contribution in [0.1, 0.15) is 24.0 Å². The normalized spacial score (nSPS) is 19.1. The van der Waals surface area contributed by atoms with Crippen LogP contribution in [-0.4, -0.2) is 24.9 Å². The van der Waals surface area contributed by atoms with E-state index in [1.807, 2.05) is 60.7 Å². The van der Waals surface area contributed by atoms with Crippen molar-refractivity contribution in [1.29, 1.82) is 0 Å². The number of benzene rings is 2. The quantitative estimate of drug-likeness (QED) is 0.714. The van der Waals surface area contributed by atoms with Crippen molar-refractivity contribution in [3.05, 3.63) is 71.8 Å². The Morgan fingerprint density at radius 2 is 1.46 bits per heavy atom. The lowest BCUT2D eigenvalue weighted by atomic mass is 9.82. The van der Waals surface area contributed by atoms with Crippen molar-refractivity contribution >= 4 is 11.8 Å². The molecule has 0 bridgehead atoms. The van der Waals surface area contributed by atoms with E-state index < -0.39 is 5.41 Å². The van der Waals surface area contributed by atoms with Crippen LogP contribution in [0.2, 0.25) is 0 Å². The number of carbonyl (C=O) groups excluding carboxylic acids is 2. The molecule has 0 spiro atoms. The van der Waals surface area contributed by atoms with Crippen molar-refractivity contribution in [2.24, 2.45) is 5.41 Å². The van der Waals surface area contributed by atoms with Gasteiger partial charge in [0.15, 0.2) is 0 Å². The van der Waals surface area contributed by atoms with Crippen LogP contribution in [0.25, 0.3) is 0 Å². The van der Waals surface area contributed by atoms with Crippen molar-refractivity contribution in [2.75, 3.05) is 13.1 Å². The second-order valence-electron chi connectivity index (χ2n) is 6.81. The number of amides is 2. The highest BCUT2D eigenvalue weighted by Crippen LogP contribution is 2.30. The number of hydrogen-bond donors (Lipinski definition) is 3. The third kappa shape index (κ3) is 4.70. The Morgan fingerprint density at radius 1 is 0.885 bits per heavy atom. The fourth-order valence-electron chi connectivity index (χ4n) is 3.30. The predicted octanol–water partition coefficient (Wildman–Crippen LogP) is 1.99. The minimum Gasteiger partial charge on any atom is -0.352 e. The molecule has 2 amide bonds. The lowest BCUT2D eigenvalue weighted by molar-refractivity contribution is -0.135. The van der Waals surface area contributed by atoms with Gasteiger partial charge in [0.2, 0.25) is 11.8 Å². The molecule has 3 rings (SSSR count). The molecule has 5 nitrogen and oxygen atoms in total. The van der Waals surface area contributed by atoms with Crippen LogP contribution >= 0.6 is 0 Å². The molecule has 26 heavy (non-hydrogen) atoms. The standard InChI is InChI=1S/C21H25N3O2/c25-19(23-14-17-7-3-1-4-8-17)13-21(11-12-22-16-21)20(26)24-15-18-9-5-2-6-10-18/h1-10,22H,11-16H2,(H,23,25)(H,24,26). The van der Waals surface area contributed by atoms with Gasteiger partial charge in [-0.1, -0.05) is 60.7 Å². The highest BCUT2D eigenvalue weighted by atomic mass is 16.2. The Kier molecular flexibility index (Phi) is 6.02. The summed E-state index contributed by atoms with van der Waals surface area (Å²) >= 11 is 0. The van der Waals surface area contributed by atoms with Gasteiger partial charge in [-0.05, 0) is 24.1 Å². The van der Waals surface area contributed by atoms with Gasteiger partial charge in [-0.2, -0.15) is 0 Å². The smallest absolute Gasteiger partial charge is 0.228 e. The summed E-state index contributed by atoms with van der Waals surface area (Å²) in [7, 11) is 0. The summed E-state index contributed by atoms with van der Waals surface area (Å²) in [6.07, 6.45) is 0.875. The highest BCUT2D eigenvalue weighted by Gasteiger charge is 2.42. The van der Waals surface area contributed by atoms with Crippen LogP contribution in [-0.2, 0) is 22.7 Å². The van der Waals surface area contributed by atoms with E-state index in [4.69, 9.17) is 0 Å². The average Bonchev–Trinajstić information content (AvgIpc) is 3.16. The molecular weight excluding hydrogens is 326 g/mol. The molecule has 0 aromatic heterocycles. The second kappa shape index (κ2) is 8.63. The molecule has 1 fully saturated rings. The number of rotatable bonds is 7. The molecule has 1 aliphatic heterocycles. The fraction of sp³-hybridized carbons (Fsp3) is 0.333. The maximum Gasteiger partial charge on any atom is 0.228 e. The van der Waals surface area contributed by atoms with Gasteiger partial charge in [0.25, 0.3) is 0 Å². The van der Waals surface area contributed by atoms with Gasteiger partial charge in [-0.3, -0.25) is 9.59 Å². The molecule has 0 radical (unpaired) electrons.